The van der Waals surface area contributed by atoms with Crippen LogP contribution >= 0.6 is 23.2 Å². The van der Waals surface area contributed by atoms with Crippen LogP contribution in [0.5, 0.6) is 0 Å². The number of nitrogens with two attached hydrogens (primary N) is 1. The molecule has 0 amide bonds. The van der Waals surface area contributed by atoms with Crippen molar-refractivity contribution >= 4 is 23.2 Å². The van der Waals surface area contributed by atoms with Gasteiger partial charge in [-0.2, -0.15) is 0 Å². The van der Waals surface area contributed by atoms with Gasteiger partial charge in [-0.15, -0.1) is 0 Å². The summed E-state index contributed by atoms with van der Waals surface area (Å²) in [5.41, 5.74) is 7.07. The second-order valence-electron chi connectivity index (χ2n) is 4.83. The molecule has 2 unspecified atom stereocenters. The molecule has 2 rings (SSSR count). The van der Waals surface area contributed by atoms with Crippen LogP contribution in [-0.2, 0) is 4.74 Å². The summed E-state index contributed by atoms with van der Waals surface area (Å²) in [6, 6.07) is 6.20. The molecule has 106 valence electrons. The Morgan fingerprint density at radius 2 is 2.05 bits per heavy atom. The van der Waals surface area contributed by atoms with Gasteiger partial charge in [0.15, 0.2) is 0 Å². The van der Waals surface area contributed by atoms with Crippen LogP contribution in [0.15, 0.2) is 18.2 Å². The van der Waals surface area contributed by atoms with Crippen molar-refractivity contribution in [1.82, 2.24) is 4.90 Å². The van der Waals surface area contributed by atoms with Gasteiger partial charge in [-0.25, -0.2) is 0 Å². The van der Waals surface area contributed by atoms with Crippen molar-refractivity contribution in [2.75, 3.05) is 26.3 Å². The number of morpholine rings is 1. The lowest BCUT2D eigenvalue weighted by Crippen LogP contribution is -2.48. The first-order chi connectivity index (χ1) is 9.15. The van der Waals surface area contributed by atoms with E-state index in [4.69, 9.17) is 33.7 Å². The zero-order chi connectivity index (χ0) is 13.8. The molecule has 0 aliphatic carbocycles. The average Bonchev–Trinajstić information content (AvgIpc) is 2.39. The maximum Gasteiger partial charge on any atom is 0.0622 e. The minimum atomic E-state index is 0.144. The maximum atomic E-state index is 6.09. The molecule has 0 radical (unpaired) electrons. The van der Waals surface area contributed by atoms with Crippen LogP contribution in [0, 0.1) is 0 Å². The lowest BCUT2D eigenvalue weighted by Gasteiger charge is -2.40. The Labute approximate surface area is 124 Å². The topological polar surface area (TPSA) is 38.5 Å². The lowest BCUT2D eigenvalue weighted by atomic mass is 10.0. The van der Waals surface area contributed by atoms with Gasteiger partial charge >= 0.3 is 0 Å². The summed E-state index contributed by atoms with van der Waals surface area (Å²) in [6.07, 6.45) is 1.05. The first kappa shape index (κ1) is 15.1. The highest BCUT2D eigenvalue weighted by Gasteiger charge is 2.28. The van der Waals surface area contributed by atoms with Gasteiger partial charge in [0, 0.05) is 35.2 Å². The molecule has 1 aromatic rings. The molecule has 1 heterocycles. The van der Waals surface area contributed by atoms with Crippen molar-refractivity contribution < 1.29 is 4.74 Å². The molecule has 0 aromatic heterocycles. The van der Waals surface area contributed by atoms with E-state index in [0.29, 0.717) is 22.6 Å². The van der Waals surface area contributed by atoms with E-state index >= 15 is 0 Å². The number of benzene rings is 1. The van der Waals surface area contributed by atoms with E-state index in [2.05, 4.69) is 11.8 Å². The molecular weight excluding hydrogens is 283 g/mol. The number of hydrogen-bond donors (Lipinski definition) is 1. The summed E-state index contributed by atoms with van der Waals surface area (Å²) in [5, 5.41) is 1.31. The number of hydrogen-bond acceptors (Lipinski definition) is 3. The molecule has 1 aliphatic rings. The van der Waals surface area contributed by atoms with Gasteiger partial charge in [-0.1, -0.05) is 30.1 Å². The van der Waals surface area contributed by atoms with Crippen LogP contribution in [0.3, 0.4) is 0 Å². The van der Waals surface area contributed by atoms with Crippen LogP contribution in [-0.4, -0.2) is 37.2 Å². The Kier molecular flexibility index (Phi) is 5.48. The molecular formula is C14H20Cl2N2O. The predicted octanol–water partition coefficient (Wildman–Crippen LogP) is 3.10. The summed E-state index contributed by atoms with van der Waals surface area (Å²) in [4.78, 5) is 2.41. The zero-order valence-corrected chi connectivity index (χ0v) is 12.6. The molecule has 1 aromatic carbocycles. The molecule has 1 aliphatic heterocycles. The van der Waals surface area contributed by atoms with Gasteiger partial charge in [0.1, 0.15) is 0 Å². The molecule has 3 nitrogen and oxygen atoms in total. The second-order valence-corrected chi connectivity index (χ2v) is 5.70. The molecule has 0 saturated carbocycles. The summed E-state index contributed by atoms with van der Waals surface area (Å²) in [5.74, 6) is 0. The smallest absolute Gasteiger partial charge is 0.0622 e. The molecule has 1 fully saturated rings. The standard InChI is InChI=1S/C14H20Cl2N2O/c1-2-13-9-19-4-3-18(13)14(8-17)10-5-11(15)7-12(16)6-10/h5-7,13-14H,2-4,8-9,17H2,1H3. The van der Waals surface area contributed by atoms with Crippen LogP contribution in [0.2, 0.25) is 10.0 Å². The van der Waals surface area contributed by atoms with E-state index in [1.54, 1.807) is 6.07 Å². The quantitative estimate of drug-likeness (QED) is 0.929. The molecule has 2 N–H and O–H groups in total. The molecule has 1 saturated heterocycles. The summed E-state index contributed by atoms with van der Waals surface area (Å²) in [7, 11) is 0. The van der Waals surface area contributed by atoms with Crippen molar-refractivity contribution in [3.8, 4) is 0 Å². The van der Waals surface area contributed by atoms with Crippen molar-refractivity contribution in [2.24, 2.45) is 5.73 Å². The van der Waals surface area contributed by atoms with E-state index in [-0.39, 0.29) is 6.04 Å². The van der Waals surface area contributed by atoms with Crippen molar-refractivity contribution in [1.29, 1.82) is 0 Å². The van der Waals surface area contributed by atoms with Gasteiger partial charge in [-0.05, 0) is 30.2 Å². The Morgan fingerprint density at radius 3 is 2.63 bits per heavy atom. The van der Waals surface area contributed by atoms with Gasteiger partial charge in [0.25, 0.3) is 0 Å². The SMILES string of the molecule is CCC1COCCN1C(CN)c1cc(Cl)cc(Cl)c1. The average molecular weight is 303 g/mol. The molecule has 2 atom stereocenters. The predicted molar refractivity (Wildman–Crippen MR) is 79.9 cm³/mol. The Hall–Kier alpha value is -0.320. The molecule has 19 heavy (non-hydrogen) atoms. The largest absolute Gasteiger partial charge is 0.378 e. The number of rotatable bonds is 4. The minimum absolute atomic E-state index is 0.144. The van der Waals surface area contributed by atoms with Crippen LogP contribution < -0.4 is 5.73 Å². The minimum Gasteiger partial charge on any atom is -0.378 e. The zero-order valence-electron chi connectivity index (χ0n) is 11.1. The third-order valence-corrected chi connectivity index (χ3v) is 4.07. The Morgan fingerprint density at radius 1 is 1.37 bits per heavy atom. The third kappa shape index (κ3) is 3.61. The summed E-state index contributed by atoms with van der Waals surface area (Å²) < 4.78 is 5.55. The lowest BCUT2D eigenvalue weighted by molar-refractivity contribution is -0.0291. The third-order valence-electron chi connectivity index (χ3n) is 3.64. The molecule has 5 heteroatoms. The molecule has 0 bridgehead atoms. The fourth-order valence-corrected chi connectivity index (χ4v) is 3.20. The Balaban J connectivity index is 2.27. The highest BCUT2D eigenvalue weighted by molar-refractivity contribution is 6.34. The van der Waals surface area contributed by atoms with Crippen molar-refractivity contribution in [2.45, 2.75) is 25.4 Å². The van der Waals surface area contributed by atoms with Gasteiger partial charge in [0.2, 0.25) is 0 Å². The second kappa shape index (κ2) is 6.91. The van der Waals surface area contributed by atoms with E-state index < -0.39 is 0 Å². The maximum absolute atomic E-state index is 6.09. The van der Waals surface area contributed by atoms with E-state index in [1.807, 2.05) is 12.1 Å². The number of halogens is 2. The van der Waals surface area contributed by atoms with Crippen molar-refractivity contribution in [3.63, 3.8) is 0 Å². The first-order valence-electron chi connectivity index (χ1n) is 6.65. The fraction of sp³-hybridized carbons (Fsp3) is 0.571. The van der Waals surface area contributed by atoms with Crippen LogP contribution in [0.1, 0.15) is 24.9 Å². The van der Waals surface area contributed by atoms with Crippen molar-refractivity contribution in [3.05, 3.63) is 33.8 Å². The summed E-state index contributed by atoms with van der Waals surface area (Å²) in [6.45, 7) is 5.13. The fourth-order valence-electron chi connectivity index (χ4n) is 2.66. The number of nitrogens with zero attached hydrogens (tertiary/aromatic N) is 1. The number of ether oxygens (including phenoxy) is 1. The normalized spacial score (nSPS) is 22.4. The summed E-state index contributed by atoms with van der Waals surface area (Å²) >= 11 is 12.2. The Bertz CT molecular complexity index is 408. The highest BCUT2D eigenvalue weighted by Crippen LogP contribution is 2.29. The van der Waals surface area contributed by atoms with Gasteiger partial charge in [-0.3, -0.25) is 4.90 Å². The van der Waals surface area contributed by atoms with E-state index in [0.717, 1.165) is 31.7 Å². The van der Waals surface area contributed by atoms with Gasteiger partial charge in [0.05, 0.1) is 13.2 Å². The van der Waals surface area contributed by atoms with E-state index in [1.165, 1.54) is 0 Å². The molecule has 0 spiro atoms. The highest BCUT2D eigenvalue weighted by atomic mass is 35.5. The van der Waals surface area contributed by atoms with Gasteiger partial charge < -0.3 is 10.5 Å². The van der Waals surface area contributed by atoms with Crippen LogP contribution in [0.25, 0.3) is 0 Å². The van der Waals surface area contributed by atoms with Crippen LogP contribution in [0.4, 0.5) is 0 Å². The first-order valence-corrected chi connectivity index (χ1v) is 7.40. The van der Waals surface area contributed by atoms with E-state index in [9.17, 15) is 0 Å². The monoisotopic (exact) mass is 302 g/mol.